The minimum atomic E-state index is -0.204. The highest BCUT2D eigenvalue weighted by molar-refractivity contribution is 4.90. The lowest BCUT2D eigenvalue weighted by molar-refractivity contribution is 0.0383. The van der Waals surface area contributed by atoms with E-state index in [1.807, 2.05) is 0 Å². The van der Waals surface area contributed by atoms with Gasteiger partial charge in [-0.15, -0.1) is 0 Å². The minimum Gasteiger partial charge on any atom is -0.396 e. The molecule has 0 unspecified atom stereocenters. The molecule has 12 heavy (non-hydrogen) atoms. The molecule has 2 heteroatoms. The van der Waals surface area contributed by atoms with Crippen molar-refractivity contribution in [2.45, 2.75) is 32.1 Å². The first-order valence-corrected chi connectivity index (χ1v) is 4.70. The van der Waals surface area contributed by atoms with E-state index in [1.165, 1.54) is 0 Å². The number of aliphatic hydroxyl groups is 2. The highest BCUT2D eigenvalue weighted by Crippen LogP contribution is 2.31. The molecule has 0 spiro atoms. The third-order valence-electron chi connectivity index (χ3n) is 2.76. The molecule has 0 aliphatic heterocycles. The zero-order chi connectivity index (χ0) is 8.86. The minimum absolute atomic E-state index is 0.122. The Labute approximate surface area is 73.9 Å². The summed E-state index contributed by atoms with van der Waals surface area (Å²) in [6.07, 6.45) is 9.36. The molecule has 70 valence electrons. The van der Waals surface area contributed by atoms with Crippen molar-refractivity contribution in [2.75, 3.05) is 13.2 Å². The monoisotopic (exact) mass is 170 g/mol. The SMILES string of the molecule is OCC1(CO)CC/C=C\CCC1. The molecule has 0 bridgehead atoms. The summed E-state index contributed by atoms with van der Waals surface area (Å²) in [5.74, 6) is 0. The van der Waals surface area contributed by atoms with Crippen LogP contribution in [0.15, 0.2) is 12.2 Å². The number of aliphatic hydroxyl groups excluding tert-OH is 2. The third kappa shape index (κ3) is 2.32. The van der Waals surface area contributed by atoms with Crippen LogP contribution >= 0.6 is 0 Å². The van der Waals surface area contributed by atoms with E-state index in [2.05, 4.69) is 12.2 Å². The van der Waals surface area contributed by atoms with Gasteiger partial charge in [-0.2, -0.15) is 0 Å². The summed E-state index contributed by atoms with van der Waals surface area (Å²) >= 11 is 0. The summed E-state index contributed by atoms with van der Waals surface area (Å²) in [5.41, 5.74) is -0.204. The molecule has 0 aromatic rings. The summed E-state index contributed by atoms with van der Waals surface area (Å²) < 4.78 is 0. The molecule has 0 atom stereocenters. The molecule has 1 rings (SSSR count). The van der Waals surface area contributed by atoms with Crippen molar-refractivity contribution in [2.24, 2.45) is 5.41 Å². The molecule has 1 aliphatic rings. The summed E-state index contributed by atoms with van der Waals surface area (Å²) in [6, 6.07) is 0. The van der Waals surface area contributed by atoms with Crippen molar-refractivity contribution in [3.05, 3.63) is 12.2 Å². The van der Waals surface area contributed by atoms with Gasteiger partial charge in [0.2, 0.25) is 0 Å². The second-order valence-corrected chi connectivity index (χ2v) is 3.72. The van der Waals surface area contributed by atoms with Gasteiger partial charge in [0.15, 0.2) is 0 Å². The molecule has 1 aliphatic carbocycles. The van der Waals surface area contributed by atoms with Gasteiger partial charge < -0.3 is 10.2 Å². The van der Waals surface area contributed by atoms with Crippen LogP contribution in [0.5, 0.6) is 0 Å². The van der Waals surface area contributed by atoms with Crippen LogP contribution in [-0.4, -0.2) is 23.4 Å². The van der Waals surface area contributed by atoms with E-state index in [9.17, 15) is 10.2 Å². The third-order valence-corrected chi connectivity index (χ3v) is 2.76. The van der Waals surface area contributed by atoms with Gasteiger partial charge >= 0.3 is 0 Å². The van der Waals surface area contributed by atoms with Crippen LogP contribution in [0.4, 0.5) is 0 Å². The van der Waals surface area contributed by atoms with Crippen LogP contribution in [0.3, 0.4) is 0 Å². The second-order valence-electron chi connectivity index (χ2n) is 3.72. The standard InChI is InChI=1S/C10H18O2/c11-8-10(9-12)6-4-2-1-3-5-7-10/h1-2,11-12H,3-9H2/b2-1-. The average molecular weight is 170 g/mol. The van der Waals surface area contributed by atoms with Crippen molar-refractivity contribution < 1.29 is 10.2 Å². The molecule has 0 fully saturated rings. The van der Waals surface area contributed by atoms with Crippen molar-refractivity contribution in [3.8, 4) is 0 Å². The highest BCUT2D eigenvalue weighted by Gasteiger charge is 2.27. The van der Waals surface area contributed by atoms with Crippen LogP contribution < -0.4 is 0 Å². The van der Waals surface area contributed by atoms with Crippen LogP contribution in [0.1, 0.15) is 32.1 Å². The van der Waals surface area contributed by atoms with Gasteiger partial charge in [-0.25, -0.2) is 0 Å². The molecule has 0 aromatic carbocycles. The van der Waals surface area contributed by atoms with Crippen LogP contribution in [0.25, 0.3) is 0 Å². The van der Waals surface area contributed by atoms with E-state index in [0.717, 1.165) is 32.1 Å². The van der Waals surface area contributed by atoms with Gasteiger partial charge in [-0.3, -0.25) is 0 Å². The molecular formula is C10H18O2. The van der Waals surface area contributed by atoms with E-state index in [1.54, 1.807) is 0 Å². The summed E-state index contributed by atoms with van der Waals surface area (Å²) in [4.78, 5) is 0. The van der Waals surface area contributed by atoms with Gasteiger partial charge in [0.1, 0.15) is 0 Å². The molecule has 0 saturated carbocycles. The number of hydrogen-bond donors (Lipinski definition) is 2. The van der Waals surface area contributed by atoms with Crippen molar-refractivity contribution in [1.82, 2.24) is 0 Å². The lowest BCUT2D eigenvalue weighted by Gasteiger charge is -2.30. The topological polar surface area (TPSA) is 40.5 Å². The molecule has 0 aromatic heterocycles. The number of hydrogen-bond acceptors (Lipinski definition) is 2. The Bertz CT molecular complexity index is 148. The van der Waals surface area contributed by atoms with Crippen molar-refractivity contribution in [3.63, 3.8) is 0 Å². The molecule has 0 radical (unpaired) electrons. The predicted molar refractivity (Wildman–Crippen MR) is 48.8 cm³/mol. The van der Waals surface area contributed by atoms with Gasteiger partial charge in [-0.1, -0.05) is 12.2 Å². The van der Waals surface area contributed by atoms with Gasteiger partial charge in [0.25, 0.3) is 0 Å². The molecule has 2 nitrogen and oxygen atoms in total. The van der Waals surface area contributed by atoms with Crippen LogP contribution in [0.2, 0.25) is 0 Å². The summed E-state index contributed by atoms with van der Waals surface area (Å²) in [5, 5.41) is 18.3. The fraction of sp³-hybridized carbons (Fsp3) is 0.800. The highest BCUT2D eigenvalue weighted by atomic mass is 16.3. The molecule has 2 N–H and O–H groups in total. The zero-order valence-corrected chi connectivity index (χ0v) is 7.50. The molecule has 0 amide bonds. The van der Waals surface area contributed by atoms with E-state index >= 15 is 0 Å². The molecule has 0 saturated heterocycles. The second kappa shape index (κ2) is 4.63. The fourth-order valence-corrected chi connectivity index (χ4v) is 1.71. The van der Waals surface area contributed by atoms with Gasteiger partial charge in [0, 0.05) is 5.41 Å². The quantitative estimate of drug-likeness (QED) is 0.616. The summed E-state index contributed by atoms with van der Waals surface area (Å²) in [7, 11) is 0. The first-order chi connectivity index (χ1) is 5.83. The first-order valence-electron chi connectivity index (χ1n) is 4.70. The van der Waals surface area contributed by atoms with Crippen LogP contribution in [0, 0.1) is 5.41 Å². The largest absolute Gasteiger partial charge is 0.396 e. The maximum atomic E-state index is 9.17. The normalized spacial score (nSPS) is 25.8. The average Bonchev–Trinajstić information content (AvgIpc) is 2.06. The van der Waals surface area contributed by atoms with E-state index in [0.29, 0.717) is 0 Å². The van der Waals surface area contributed by atoms with E-state index in [4.69, 9.17) is 0 Å². The van der Waals surface area contributed by atoms with E-state index in [-0.39, 0.29) is 18.6 Å². The Balaban J connectivity index is 2.55. The predicted octanol–water partition coefficient (Wildman–Crippen LogP) is 1.48. The zero-order valence-electron chi connectivity index (χ0n) is 7.50. The Morgan fingerprint density at radius 1 is 1.00 bits per heavy atom. The van der Waals surface area contributed by atoms with Crippen LogP contribution in [-0.2, 0) is 0 Å². The van der Waals surface area contributed by atoms with Crippen molar-refractivity contribution >= 4 is 0 Å². The Hall–Kier alpha value is -0.340. The molecule has 0 heterocycles. The fourth-order valence-electron chi connectivity index (χ4n) is 1.71. The first kappa shape index (κ1) is 9.75. The van der Waals surface area contributed by atoms with Gasteiger partial charge in [-0.05, 0) is 32.1 Å². The number of allylic oxidation sites excluding steroid dienone is 2. The lowest BCUT2D eigenvalue weighted by Crippen LogP contribution is -2.30. The Morgan fingerprint density at radius 3 is 2.33 bits per heavy atom. The van der Waals surface area contributed by atoms with E-state index < -0.39 is 0 Å². The summed E-state index contributed by atoms with van der Waals surface area (Å²) in [6.45, 7) is 0.245. The maximum absolute atomic E-state index is 9.17. The maximum Gasteiger partial charge on any atom is 0.0509 e. The number of rotatable bonds is 2. The van der Waals surface area contributed by atoms with Gasteiger partial charge in [0.05, 0.1) is 13.2 Å². The lowest BCUT2D eigenvalue weighted by atomic mass is 9.79. The Kier molecular flexibility index (Phi) is 3.76. The van der Waals surface area contributed by atoms with Crippen molar-refractivity contribution in [1.29, 1.82) is 0 Å². The Morgan fingerprint density at radius 2 is 1.67 bits per heavy atom. The molecular weight excluding hydrogens is 152 g/mol. The smallest absolute Gasteiger partial charge is 0.0509 e.